The van der Waals surface area contributed by atoms with E-state index in [1.807, 2.05) is 19.1 Å². The second kappa shape index (κ2) is 7.96. The van der Waals surface area contributed by atoms with E-state index in [0.717, 1.165) is 10.1 Å². The van der Waals surface area contributed by atoms with Crippen molar-refractivity contribution >= 4 is 22.9 Å². The second-order valence-corrected chi connectivity index (χ2v) is 6.04. The minimum Gasteiger partial charge on any atom is -0.493 e. The highest BCUT2D eigenvalue weighted by Crippen LogP contribution is 2.29. The van der Waals surface area contributed by atoms with E-state index in [9.17, 15) is 14.4 Å². The Hall–Kier alpha value is -3.61. The van der Waals surface area contributed by atoms with Gasteiger partial charge >= 0.3 is 11.7 Å². The molecule has 1 aromatic heterocycles. The lowest BCUT2D eigenvalue weighted by Gasteiger charge is -2.10. The van der Waals surface area contributed by atoms with Gasteiger partial charge < -0.3 is 14.5 Å². The van der Waals surface area contributed by atoms with Gasteiger partial charge in [-0.05, 0) is 49.7 Å². The molecule has 0 bridgehead atoms. The van der Waals surface area contributed by atoms with E-state index in [2.05, 4.69) is 4.98 Å². The van der Waals surface area contributed by atoms with Gasteiger partial charge in [0.15, 0.2) is 11.5 Å². The van der Waals surface area contributed by atoms with Gasteiger partial charge in [0.05, 0.1) is 23.6 Å². The molecule has 1 N–H and O–H groups in total. The molecule has 0 atom stereocenters. The molecule has 0 unspecified atom stereocenters. The predicted octanol–water partition coefficient (Wildman–Crippen LogP) is 2.97. The summed E-state index contributed by atoms with van der Waals surface area (Å²) >= 11 is 0. The van der Waals surface area contributed by atoms with Crippen molar-refractivity contribution in [2.75, 3.05) is 7.11 Å². The van der Waals surface area contributed by atoms with Crippen LogP contribution in [0, 0.1) is 0 Å². The van der Waals surface area contributed by atoms with Crippen LogP contribution in [0.25, 0.3) is 17.0 Å². The van der Waals surface area contributed by atoms with Crippen molar-refractivity contribution in [1.29, 1.82) is 0 Å². The maximum absolute atomic E-state index is 12.6. The van der Waals surface area contributed by atoms with Crippen molar-refractivity contribution in [2.45, 2.75) is 20.4 Å². The molecule has 0 saturated carbocycles. The van der Waals surface area contributed by atoms with Crippen LogP contribution in [0.4, 0.5) is 0 Å². The smallest absolute Gasteiger partial charge is 0.343 e. The van der Waals surface area contributed by atoms with Crippen molar-refractivity contribution in [3.63, 3.8) is 0 Å². The summed E-state index contributed by atoms with van der Waals surface area (Å²) in [7, 11) is 1.49. The molecule has 3 aromatic rings. The number of ether oxygens (including phenoxy) is 2. The Bertz CT molecular complexity index is 1190. The van der Waals surface area contributed by atoms with E-state index in [4.69, 9.17) is 9.47 Å². The van der Waals surface area contributed by atoms with Crippen LogP contribution in [-0.2, 0) is 6.54 Å². The lowest BCUT2D eigenvalue weighted by Crippen LogP contribution is -2.34. The summed E-state index contributed by atoms with van der Waals surface area (Å²) in [6.07, 6.45) is 3.79. The predicted molar refractivity (Wildman–Crippen MR) is 107 cm³/mol. The lowest BCUT2D eigenvalue weighted by atomic mass is 10.1. The Balaban J connectivity index is 1.96. The molecule has 2 aromatic carbocycles. The van der Waals surface area contributed by atoms with Gasteiger partial charge in [-0.1, -0.05) is 18.2 Å². The SMILES string of the molecule is C/C=C/c1ccc(OC(=O)c2ccc3c(=O)n(CC)c(=O)[nH]c3c2)c(OC)c1. The molecular formula is C21H20N2O5. The first kappa shape index (κ1) is 19.2. The number of benzene rings is 2. The summed E-state index contributed by atoms with van der Waals surface area (Å²) in [4.78, 5) is 39.5. The number of fused-ring (bicyclic) bond motifs is 1. The monoisotopic (exact) mass is 380 g/mol. The normalized spacial score (nSPS) is 11.1. The first-order chi connectivity index (χ1) is 13.5. The summed E-state index contributed by atoms with van der Waals surface area (Å²) in [5.74, 6) is 0.0687. The number of nitrogens with one attached hydrogen (secondary N) is 1. The average Bonchev–Trinajstić information content (AvgIpc) is 2.69. The number of carbonyl (C=O) groups is 1. The fourth-order valence-electron chi connectivity index (χ4n) is 2.89. The molecule has 7 heteroatoms. The maximum atomic E-state index is 12.6. The summed E-state index contributed by atoms with van der Waals surface area (Å²) < 4.78 is 11.8. The number of allylic oxidation sites excluding steroid dienone is 1. The van der Waals surface area contributed by atoms with Crippen LogP contribution >= 0.6 is 0 Å². The Kier molecular flexibility index (Phi) is 5.44. The minimum absolute atomic E-state index is 0.205. The van der Waals surface area contributed by atoms with Crippen molar-refractivity contribution in [3.05, 3.63) is 74.4 Å². The van der Waals surface area contributed by atoms with Crippen LogP contribution in [0.2, 0.25) is 0 Å². The topological polar surface area (TPSA) is 90.4 Å². The molecule has 3 rings (SSSR count). The molecule has 1 heterocycles. The van der Waals surface area contributed by atoms with Crippen LogP contribution < -0.4 is 20.7 Å². The van der Waals surface area contributed by atoms with Gasteiger partial charge in [0, 0.05) is 6.54 Å². The van der Waals surface area contributed by atoms with Crippen molar-refractivity contribution in [1.82, 2.24) is 9.55 Å². The third-order valence-corrected chi connectivity index (χ3v) is 4.28. The molecule has 0 amide bonds. The van der Waals surface area contributed by atoms with E-state index in [1.165, 1.54) is 25.3 Å². The zero-order valence-electron chi connectivity index (χ0n) is 15.8. The Morgan fingerprint density at radius 3 is 2.61 bits per heavy atom. The van der Waals surface area contributed by atoms with Crippen molar-refractivity contribution < 1.29 is 14.3 Å². The van der Waals surface area contributed by atoms with Crippen LogP contribution in [0.3, 0.4) is 0 Å². The molecule has 28 heavy (non-hydrogen) atoms. The lowest BCUT2D eigenvalue weighted by molar-refractivity contribution is 0.0730. The number of aromatic amines is 1. The number of hydrogen-bond donors (Lipinski definition) is 1. The molecular weight excluding hydrogens is 360 g/mol. The summed E-state index contributed by atoms with van der Waals surface area (Å²) in [6.45, 7) is 3.87. The minimum atomic E-state index is -0.625. The van der Waals surface area contributed by atoms with Gasteiger partial charge in [0.2, 0.25) is 0 Å². The largest absolute Gasteiger partial charge is 0.493 e. The summed E-state index contributed by atoms with van der Waals surface area (Å²) in [5.41, 5.74) is 0.477. The van der Waals surface area contributed by atoms with Gasteiger partial charge in [0.25, 0.3) is 5.56 Å². The highest BCUT2D eigenvalue weighted by atomic mass is 16.6. The number of hydrogen-bond acceptors (Lipinski definition) is 5. The molecule has 7 nitrogen and oxygen atoms in total. The number of rotatable bonds is 5. The van der Waals surface area contributed by atoms with Crippen LogP contribution in [0.5, 0.6) is 11.5 Å². The molecule has 144 valence electrons. The highest BCUT2D eigenvalue weighted by molar-refractivity contribution is 5.95. The molecule has 0 saturated heterocycles. The Morgan fingerprint density at radius 1 is 1.14 bits per heavy atom. The molecule has 0 aliphatic rings. The van der Waals surface area contributed by atoms with Crippen molar-refractivity contribution in [3.8, 4) is 11.5 Å². The van der Waals surface area contributed by atoms with E-state index >= 15 is 0 Å². The van der Waals surface area contributed by atoms with Gasteiger partial charge in [-0.15, -0.1) is 0 Å². The molecule has 0 fully saturated rings. The third-order valence-electron chi connectivity index (χ3n) is 4.28. The molecule has 0 aliphatic carbocycles. The maximum Gasteiger partial charge on any atom is 0.343 e. The van der Waals surface area contributed by atoms with E-state index in [0.29, 0.717) is 11.1 Å². The standard InChI is InChI=1S/C21H20N2O5/c1-4-6-13-7-10-17(18(11-13)27-3)28-20(25)14-8-9-15-16(12-14)22-21(26)23(5-2)19(15)24/h4,6-12H,5H2,1-3H3,(H,22,26)/b6-4+. The Labute approximate surface area is 160 Å². The van der Waals surface area contributed by atoms with E-state index < -0.39 is 17.2 Å². The molecule has 0 radical (unpaired) electrons. The van der Waals surface area contributed by atoms with Gasteiger partial charge in [-0.3, -0.25) is 9.36 Å². The number of H-pyrrole nitrogens is 1. The molecule has 0 spiro atoms. The zero-order valence-corrected chi connectivity index (χ0v) is 15.8. The number of carbonyl (C=O) groups excluding carboxylic acids is 1. The average molecular weight is 380 g/mol. The summed E-state index contributed by atoms with van der Waals surface area (Å²) in [5, 5.41) is 0.325. The first-order valence-electron chi connectivity index (χ1n) is 8.78. The van der Waals surface area contributed by atoms with Crippen LogP contribution in [0.15, 0.2) is 52.1 Å². The highest BCUT2D eigenvalue weighted by Gasteiger charge is 2.15. The first-order valence-corrected chi connectivity index (χ1v) is 8.78. The Morgan fingerprint density at radius 2 is 1.93 bits per heavy atom. The fourth-order valence-corrected chi connectivity index (χ4v) is 2.89. The van der Waals surface area contributed by atoms with E-state index in [1.54, 1.807) is 25.1 Å². The molecule has 0 aliphatic heterocycles. The number of aromatic nitrogens is 2. The van der Waals surface area contributed by atoms with Crippen molar-refractivity contribution in [2.24, 2.45) is 0 Å². The zero-order chi connectivity index (χ0) is 20.3. The fraction of sp³-hybridized carbons (Fsp3) is 0.190. The van der Waals surface area contributed by atoms with E-state index in [-0.39, 0.29) is 23.4 Å². The number of methoxy groups -OCH3 is 1. The number of esters is 1. The summed E-state index contributed by atoms with van der Waals surface area (Å²) in [6, 6.07) is 9.63. The van der Waals surface area contributed by atoms with Gasteiger partial charge in [0.1, 0.15) is 0 Å². The quantitative estimate of drug-likeness (QED) is 0.543. The second-order valence-electron chi connectivity index (χ2n) is 6.04. The van der Waals surface area contributed by atoms with Crippen LogP contribution in [-0.4, -0.2) is 22.6 Å². The third kappa shape index (κ3) is 3.59. The van der Waals surface area contributed by atoms with Crippen LogP contribution in [0.1, 0.15) is 29.8 Å². The number of nitrogens with zero attached hydrogens (tertiary/aromatic N) is 1. The van der Waals surface area contributed by atoms with Gasteiger partial charge in [-0.2, -0.15) is 0 Å². The van der Waals surface area contributed by atoms with Gasteiger partial charge in [-0.25, -0.2) is 9.59 Å².